The summed E-state index contributed by atoms with van der Waals surface area (Å²) in [6.45, 7) is 0.296. The Balaban J connectivity index is 1.26. The van der Waals surface area contributed by atoms with Crippen molar-refractivity contribution < 1.29 is 9.72 Å². The molecule has 2 amide bonds. The SMILES string of the molecule is O=C(NCc1ccn(C2=CC3=C(CC2)CCc2[nH]c(=O)c(=O)[nH]c23)c1)Nc1ccc([N+](=O)[O-])cc1. The number of hydrogen-bond donors (Lipinski definition) is 4. The van der Waals surface area contributed by atoms with Crippen LogP contribution in [-0.2, 0) is 13.0 Å². The van der Waals surface area contributed by atoms with Crippen molar-refractivity contribution in [3.63, 3.8) is 0 Å². The maximum atomic E-state index is 12.2. The second-order valence-electron chi connectivity index (χ2n) is 8.45. The lowest BCUT2D eigenvalue weighted by molar-refractivity contribution is -0.384. The van der Waals surface area contributed by atoms with Gasteiger partial charge >= 0.3 is 17.1 Å². The molecule has 5 rings (SSSR count). The number of urea groups is 1. The van der Waals surface area contributed by atoms with Gasteiger partial charge in [0.25, 0.3) is 5.69 Å². The Morgan fingerprint density at radius 3 is 2.54 bits per heavy atom. The quantitative estimate of drug-likeness (QED) is 0.254. The van der Waals surface area contributed by atoms with Gasteiger partial charge in [0.05, 0.1) is 10.6 Å². The number of allylic oxidation sites excluding steroid dienone is 4. The van der Waals surface area contributed by atoms with Crippen LogP contribution in [0, 0.1) is 10.1 Å². The van der Waals surface area contributed by atoms with Gasteiger partial charge < -0.3 is 25.2 Å². The minimum atomic E-state index is -0.653. The van der Waals surface area contributed by atoms with Crippen molar-refractivity contribution in [1.82, 2.24) is 19.9 Å². The number of aromatic amines is 2. The first kappa shape index (κ1) is 22.1. The molecule has 0 bridgehead atoms. The molecule has 2 aromatic heterocycles. The Kier molecular flexibility index (Phi) is 5.65. The number of nitrogens with one attached hydrogen (secondary N) is 4. The lowest BCUT2D eigenvalue weighted by atomic mass is 9.85. The number of nitro benzene ring substituents is 1. The molecule has 2 heterocycles. The molecule has 0 radical (unpaired) electrons. The third-order valence-electron chi connectivity index (χ3n) is 6.21. The smallest absolute Gasteiger partial charge is 0.319 e. The van der Waals surface area contributed by atoms with Crippen LogP contribution in [0.2, 0.25) is 0 Å². The molecule has 0 fully saturated rings. The van der Waals surface area contributed by atoms with Crippen molar-refractivity contribution in [3.05, 3.63) is 102 Å². The predicted octanol–water partition coefficient (Wildman–Crippen LogP) is 3.13. The Hall–Kier alpha value is -4.67. The third kappa shape index (κ3) is 4.56. The summed E-state index contributed by atoms with van der Waals surface area (Å²) in [5.41, 5.74) is 4.72. The van der Waals surface area contributed by atoms with Crippen LogP contribution < -0.4 is 21.8 Å². The summed E-state index contributed by atoms with van der Waals surface area (Å²) in [5.74, 6) is 0. The van der Waals surface area contributed by atoms with Crippen LogP contribution >= 0.6 is 0 Å². The molecule has 11 nitrogen and oxygen atoms in total. The number of nitro groups is 1. The summed E-state index contributed by atoms with van der Waals surface area (Å²) < 4.78 is 1.99. The number of carbonyl (C=O) groups excluding carboxylic acids is 1. The molecule has 0 saturated heterocycles. The molecule has 11 heteroatoms. The van der Waals surface area contributed by atoms with E-state index in [1.165, 1.54) is 29.8 Å². The summed E-state index contributed by atoms with van der Waals surface area (Å²) in [4.78, 5) is 51.5. The van der Waals surface area contributed by atoms with Gasteiger partial charge in [-0.2, -0.15) is 0 Å². The maximum absolute atomic E-state index is 12.2. The summed E-state index contributed by atoms with van der Waals surface area (Å²) in [6, 6.07) is 7.08. The molecule has 1 aromatic carbocycles. The van der Waals surface area contributed by atoms with Crippen molar-refractivity contribution in [2.75, 3.05) is 5.32 Å². The second-order valence-corrected chi connectivity index (χ2v) is 8.45. The zero-order valence-corrected chi connectivity index (χ0v) is 18.6. The molecule has 0 spiro atoms. The van der Waals surface area contributed by atoms with Crippen molar-refractivity contribution in [2.24, 2.45) is 0 Å². The lowest BCUT2D eigenvalue weighted by Gasteiger charge is -2.26. The average Bonchev–Trinajstić information content (AvgIpc) is 3.33. The minimum Gasteiger partial charge on any atom is -0.334 e. The van der Waals surface area contributed by atoms with Crippen molar-refractivity contribution in [2.45, 2.75) is 32.2 Å². The Morgan fingerprint density at radius 1 is 1.03 bits per heavy atom. The normalized spacial score (nSPS) is 14.6. The Bertz CT molecular complexity index is 1510. The van der Waals surface area contributed by atoms with E-state index in [4.69, 9.17) is 0 Å². The maximum Gasteiger partial charge on any atom is 0.319 e. The lowest BCUT2D eigenvalue weighted by Crippen LogP contribution is -2.33. The van der Waals surface area contributed by atoms with Gasteiger partial charge in [0.1, 0.15) is 0 Å². The zero-order chi connectivity index (χ0) is 24.5. The number of nitrogens with zero attached hydrogens (tertiary/aromatic N) is 2. The first-order chi connectivity index (χ1) is 16.9. The fourth-order valence-electron chi connectivity index (χ4n) is 4.41. The van der Waals surface area contributed by atoms with Gasteiger partial charge in [-0.05, 0) is 55.5 Å². The van der Waals surface area contributed by atoms with Crippen LogP contribution in [0.25, 0.3) is 11.3 Å². The Labute approximate surface area is 198 Å². The van der Waals surface area contributed by atoms with E-state index in [1.807, 2.05) is 29.1 Å². The van der Waals surface area contributed by atoms with E-state index in [9.17, 15) is 24.5 Å². The minimum absolute atomic E-state index is 0.0476. The molecule has 4 N–H and O–H groups in total. The number of H-pyrrole nitrogens is 2. The molecule has 0 saturated carbocycles. The third-order valence-corrected chi connectivity index (χ3v) is 6.21. The molecule has 2 aliphatic rings. The standard InChI is InChI=1S/C24H22N6O5/c31-22-23(32)28-21-19-11-18(5-1-15(19)2-8-20(21)27-22)29-10-9-14(13-29)12-25-24(33)26-16-3-6-17(7-4-16)30(34)35/h3-4,6-7,9-11,13H,1-2,5,8,12H2,(H,27,31)(H,28,32)(H2,25,26,33). The van der Waals surface area contributed by atoms with Gasteiger partial charge in [0.2, 0.25) is 0 Å². The molecule has 0 aliphatic heterocycles. The molecule has 3 aromatic rings. The first-order valence-corrected chi connectivity index (χ1v) is 11.1. The van der Waals surface area contributed by atoms with Crippen LogP contribution in [0.4, 0.5) is 16.2 Å². The van der Waals surface area contributed by atoms with E-state index >= 15 is 0 Å². The highest BCUT2D eigenvalue weighted by molar-refractivity contribution is 5.89. The summed E-state index contributed by atoms with van der Waals surface area (Å²) in [6.07, 6.45) is 9.15. The number of rotatable bonds is 5. The van der Waals surface area contributed by atoms with Crippen LogP contribution in [0.1, 0.15) is 36.2 Å². The number of amides is 2. The van der Waals surface area contributed by atoms with E-state index in [0.29, 0.717) is 24.3 Å². The molecule has 0 atom stereocenters. The first-order valence-electron chi connectivity index (χ1n) is 11.1. The number of benzene rings is 1. The van der Waals surface area contributed by atoms with Gasteiger partial charge in [0, 0.05) is 53.7 Å². The fourth-order valence-corrected chi connectivity index (χ4v) is 4.41. The highest BCUT2D eigenvalue weighted by atomic mass is 16.6. The highest BCUT2D eigenvalue weighted by Gasteiger charge is 2.24. The van der Waals surface area contributed by atoms with Crippen molar-refractivity contribution in [3.8, 4) is 0 Å². The van der Waals surface area contributed by atoms with Crippen molar-refractivity contribution in [1.29, 1.82) is 0 Å². The van der Waals surface area contributed by atoms with E-state index in [1.54, 1.807) is 0 Å². The van der Waals surface area contributed by atoms with E-state index in [-0.39, 0.29) is 5.69 Å². The fraction of sp³-hybridized carbons (Fsp3) is 0.208. The molecular formula is C24H22N6O5. The molecule has 35 heavy (non-hydrogen) atoms. The van der Waals surface area contributed by atoms with Gasteiger partial charge in [0.15, 0.2) is 0 Å². The number of carbonyl (C=O) groups is 1. The predicted molar refractivity (Wildman–Crippen MR) is 130 cm³/mol. The van der Waals surface area contributed by atoms with E-state index < -0.39 is 22.1 Å². The number of fused-ring (bicyclic) bond motifs is 2. The molecular weight excluding hydrogens is 452 g/mol. The van der Waals surface area contributed by atoms with Gasteiger partial charge in [-0.15, -0.1) is 0 Å². The van der Waals surface area contributed by atoms with Crippen LogP contribution in [0.3, 0.4) is 0 Å². The number of aromatic nitrogens is 3. The number of anilines is 1. The molecule has 178 valence electrons. The van der Waals surface area contributed by atoms with E-state index in [0.717, 1.165) is 41.8 Å². The topological polar surface area (TPSA) is 155 Å². The van der Waals surface area contributed by atoms with E-state index in [2.05, 4.69) is 20.6 Å². The largest absolute Gasteiger partial charge is 0.334 e. The second kappa shape index (κ2) is 8.93. The van der Waals surface area contributed by atoms with Crippen LogP contribution in [0.15, 0.2) is 64.0 Å². The zero-order valence-electron chi connectivity index (χ0n) is 18.6. The highest BCUT2D eigenvalue weighted by Crippen LogP contribution is 2.38. The van der Waals surface area contributed by atoms with Crippen molar-refractivity contribution >= 4 is 28.7 Å². The number of hydrogen-bond acceptors (Lipinski definition) is 5. The van der Waals surface area contributed by atoms with Crippen LogP contribution in [0.5, 0.6) is 0 Å². The molecule has 0 unspecified atom stereocenters. The average molecular weight is 474 g/mol. The summed E-state index contributed by atoms with van der Waals surface area (Å²) in [5, 5.41) is 16.1. The van der Waals surface area contributed by atoms with Gasteiger partial charge in [-0.25, -0.2) is 4.79 Å². The van der Waals surface area contributed by atoms with Gasteiger partial charge in [-0.3, -0.25) is 19.7 Å². The van der Waals surface area contributed by atoms with Crippen LogP contribution in [-0.4, -0.2) is 25.5 Å². The Morgan fingerprint density at radius 2 is 1.77 bits per heavy atom. The number of aryl methyl sites for hydroxylation is 1. The summed E-state index contributed by atoms with van der Waals surface area (Å²) >= 11 is 0. The summed E-state index contributed by atoms with van der Waals surface area (Å²) in [7, 11) is 0. The van der Waals surface area contributed by atoms with Gasteiger partial charge in [-0.1, -0.05) is 5.57 Å². The monoisotopic (exact) mass is 474 g/mol. The molecule has 2 aliphatic carbocycles. The number of non-ortho nitro benzene ring substituents is 1.